The molecule has 0 radical (unpaired) electrons. The standard InChI is InChI=1S/C17H20BrN5O/c1-2-22-7-9-23(10-8-22)17-19-11-13(12-20-17)16(24)21-15-6-4-3-5-14(15)18/h3-6,11-12H,2,7-10H2,1H3,(H,21,24). The van der Waals surface area contributed by atoms with Gasteiger partial charge in [-0.1, -0.05) is 19.1 Å². The fourth-order valence-electron chi connectivity index (χ4n) is 2.62. The van der Waals surface area contributed by atoms with Crippen LogP contribution >= 0.6 is 15.9 Å². The maximum absolute atomic E-state index is 12.3. The van der Waals surface area contributed by atoms with Crippen molar-refractivity contribution >= 4 is 33.5 Å². The van der Waals surface area contributed by atoms with E-state index in [9.17, 15) is 4.79 Å². The van der Waals surface area contributed by atoms with Crippen LogP contribution in [0.5, 0.6) is 0 Å². The van der Waals surface area contributed by atoms with Gasteiger partial charge in [-0.05, 0) is 34.6 Å². The average molecular weight is 390 g/mol. The van der Waals surface area contributed by atoms with E-state index in [-0.39, 0.29) is 5.91 Å². The number of nitrogens with zero attached hydrogens (tertiary/aromatic N) is 4. The first-order chi connectivity index (χ1) is 11.7. The lowest BCUT2D eigenvalue weighted by Crippen LogP contribution is -2.46. The monoisotopic (exact) mass is 389 g/mol. The van der Waals surface area contributed by atoms with Crippen LogP contribution in [0.1, 0.15) is 17.3 Å². The number of hydrogen-bond donors (Lipinski definition) is 1. The van der Waals surface area contributed by atoms with E-state index < -0.39 is 0 Å². The van der Waals surface area contributed by atoms with E-state index in [2.05, 4.69) is 47.9 Å². The molecule has 7 heteroatoms. The molecule has 1 aliphatic rings. The lowest BCUT2D eigenvalue weighted by Gasteiger charge is -2.33. The number of likely N-dealkylation sites (N-methyl/N-ethyl adjacent to an activating group) is 1. The first-order valence-electron chi connectivity index (χ1n) is 8.02. The van der Waals surface area contributed by atoms with Gasteiger partial charge in [0.05, 0.1) is 11.3 Å². The summed E-state index contributed by atoms with van der Waals surface area (Å²) in [5.41, 5.74) is 1.17. The molecule has 0 spiro atoms. The van der Waals surface area contributed by atoms with Crippen molar-refractivity contribution in [1.82, 2.24) is 14.9 Å². The van der Waals surface area contributed by atoms with E-state index in [0.717, 1.165) is 42.9 Å². The SMILES string of the molecule is CCN1CCN(c2ncc(C(=O)Nc3ccccc3Br)cn2)CC1. The summed E-state index contributed by atoms with van der Waals surface area (Å²) in [4.78, 5) is 25.6. The number of nitrogens with one attached hydrogen (secondary N) is 1. The lowest BCUT2D eigenvalue weighted by molar-refractivity contribution is 0.102. The van der Waals surface area contributed by atoms with Crippen molar-refractivity contribution in [2.45, 2.75) is 6.92 Å². The Hall–Kier alpha value is -1.99. The molecule has 2 heterocycles. The zero-order valence-corrected chi connectivity index (χ0v) is 15.2. The van der Waals surface area contributed by atoms with Gasteiger partial charge in [0, 0.05) is 43.0 Å². The van der Waals surface area contributed by atoms with Crippen LogP contribution in [-0.2, 0) is 0 Å². The number of anilines is 2. The summed E-state index contributed by atoms with van der Waals surface area (Å²) in [6.45, 7) is 7.11. The molecule has 0 aliphatic carbocycles. The normalized spacial score (nSPS) is 15.3. The zero-order valence-electron chi connectivity index (χ0n) is 13.6. The summed E-state index contributed by atoms with van der Waals surface area (Å²) in [6, 6.07) is 7.49. The molecule has 0 atom stereocenters. The Kier molecular flexibility index (Phi) is 5.42. The van der Waals surface area contributed by atoms with Crippen molar-refractivity contribution in [2.24, 2.45) is 0 Å². The van der Waals surface area contributed by atoms with Gasteiger partial charge in [0.2, 0.25) is 5.95 Å². The van der Waals surface area contributed by atoms with Crippen LogP contribution in [0.25, 0.3) is 0 Å². The summed E-state index contributed by atoms with van der Waals surface area (Å²) >= 11 is 3.42. The second kappa shape index (κ2) is 7.72. The Morgan fingerprint density at radius 3 is 2.46 bits per heavy atom. The number of benzene rings is 1. The predicted octanol–water partition coefficient (Wildman–Crippen LogP) is 2.63. The summed E-state index contributed by atoms with van der Waals surface area (Å²) in [7, 11) is 0. The molecule has 1 aromatic carbocycles. The van der Waals surface area contributed by atoms with E-state index in [1.165, 1.54) is 0 Å². The van der Waals surface area contributed by atoms with Gasteiger partial charge in [0.1, 0.15) is 0 Å². The lowest BCUT2D eigenvalue weighted by atomic mass is 10.2. The van der Waals surface area contributed by atoms with Gasteiger partial charge in [-0.3, -0.25) is 4.79 Å². The first kappa shape index (κ1) is 16.9. The van der Waals surface area contributed by atoms with Crippen molar-refractivity contribution in [1.29, 1.82) is 0 Å². The maximum atomic E-state index is 12.3. The quantitative estimate of drug-likeness (QED) is 0.870. The number of hydrogen-bond acceptors (Lipinski definition) is 5. The molecule has 24 heavy (non-hydrogen) atoms. The number of rotatable bonds is 4. The van der Waals surface area contributed by atoms with E-state index in [0.29, 0.717) is 11.5 Å². The van der Waals surface area contributed by atoms with Crippen molar-refractivity contribution in [3.8, 4) is 0 Å². The van der Waals surface area contributed by atoms with Gasteiger partial charge in [-0.15, -0.1) is 0 Å². The van der Waals surface area contributed by atoms with Gasteiger partial charge < -0.3 is 15.1 Å². The Morgan fingerprint density at radius 1 is 1.17 bits per heavy atom. The molecule has 0 unspecified atom stereocenters. The third-order valence-corrected chi connectivity index (χ3v) is 4.82. The highest BCUT2D eigenvalue weighted by atomic mass is 79.9. The molecule has 126 valence electrons. The highest BCUT2D eigenvalue weighted by Gasteiger charge is 2.18. The topological polar surface area (TPSA) is 61.4 Å². The minimum absolute atomic E-state index is 0.218. The Balaban J connectivity index is 1.64. The van der Waals surface area contributed by atoms with Crippen LogP contribution in [0.4, 0.5) is 11.6 Å². The molecule has 1 aliphatic heterocycles. The number of piperazine rings is 1. The molecule has 1 aromatic heterocycles. The zero-order chi connectivity index (χ0) is 16.9. The third-order valence-electron chi connectivity index (χ3n) is 4.12. The predicted molar refractivity (Wildman–Crippen MR) is 98.5 cm³/mol. The van der Waals surface area contributed by atoms with Crippen LogP contribution in [0.2, 0.25) is 0 Å². The molecular formula is C17H20BrN5O. The van der Waals surface area contributed by atoms with E-state index in [4.69, 9.17) is 0 Å². The van der Waals surface area contributed by atoms with Crippen molar-refractivity contribution in [3.63, 3.8) is 0 Å². The van der Waals surface area contributed by atoms with Gasteiger partial charge in [-0.2, -0.15) is 0 Å². The summed E-state index contributed by atoms with van der Waals surface area (Å²) in [5.74, 6) is 0.465. The van der Waals surface area contributed by atoms with Crippen LogP contribution in [0, 0.1) is 0 Å². The van der Waals surface area contributed by atoms with Crippen molar-refractivity contribution < 1.29 is 4.79 Å². The number of carbonyl (C=O) groups is 1. The number of amides is 1. The number of halogens is 1. The highest BCUT2D eigenvalue weighted by Crippen LogP contribution is 2.21. The fourth-order valence-corrected chi connectivity index (χ4v) is 3.01. The fraction of sp³-hybridized carbons (Fsp3) is 0.353. The van der Waals surface area contributed by atoms with Crippen molar-refractivity contribution in [3.05, 3.63) is 46.7 Å². The molecular weight excluding hydrogens is 370 g/mol. The van der Waals surface area contributed by atoms with Gasteiger partial charge in [-0.25, -0.2) is 9.97 Å². The first-order valence-corrected chi connectivity index (χ1v) is 8.82. The summed E-state index contributed by atoms with van der Waals surface area (Å²) < 4.78 is 0.838. The van der Waals surface area contributed by atoms with Gasteiger partial charge >= 0.3 is 0 Å². The largest absolute Gasteiger partial charge is 0.338 e. The second-order valence-corrected chi connectivity index (χ2v) is 6.48. The van der Waals surface area contributed by atoms with E-state index in [1.54, 1.807) is 12.4 Å². The third kappa shape index (κ3) is 3.91. The molecule has 0 saturated carbocycles. The minimum atomic E-state index is -0.218. The van der Waals surface area contributed by atoms with Crippen LogP contribution < -0.4 is 10.2 Å². The number of aromatic nitrogens is 2. The molecule has 1 amide bonds. The molecule has 0 bridgehead atoms. The molecule has 3 rings (SSSR count). The maximum Gasteiger partial charge on any atom is 0.258 e. The number of para-hydroxylation sites is 1. The summed E-state index contributed by atoms with van der Waals surface area (Å²) in [6.07, 6.45) is 3.17. The summed E-state index contributed by atoms with van der Waals surface area (Å²) in [5, 5.41) is 2.85. The van der Waals surface area contributed by atoms with Crippen LogP contribution in [-0.4, -0.2) is 53.5 Å². The Morgan fingerprint density at radius 2 is 1.83 bits per heavy atom. The molecule has 2 aromatic rings. The van der Waals surface area contributed by atoms with E-state index >= 15 is 0 Å². The smallest absolute Gasteiger partial charge is 0.258 e. The average Bonchev–Trinajstić information content (AvgIpc) is 2.64. The van der Waals surface area contributed by atoms with Crippen molar-refractivity contribution in [2.75, 3.05) is 42.9 Å². The Bertz CT molecular complexity index is 698. The molecule has 1 N–H and O–H groups in total. The Labute approximate surface area is 150 Å². The van der Waals surface area contributed by atoms with E-state index in [1.807, 2.05) is 24.3 Å². The minimum Gasteiger partial charge on any atom is -0.338 e. The number of carbonyl (C=O) groups excluding carboxylic acids is 1. The molecule has 1 fully saturated rings. The van der Waals surface area contributed by atoms with Crippen LogP contribution in [0.15, 0.2) is 41.1 Å². The molecule has 6 nitrogen and oxygen atoms in total. The highest BCUT2D eigenvalue weighted by molar-refractivity contribution is 9.10. The molecule has 1 saturated heterocycles. The van der Waals surface area contributed by atoms with Gasteiger partial charge in [0.25, 0.3) is 5.91 Å². The van der Waals surface area contributed by atoms with Crippen LogP contribution in [0.3, 0.4) is 0 Å². The van der Waals surface area contributed by atoms with Gasteiger partial charge in [0.15, 0.2) is 0 Å². The second-order valence-electron chi connectivity index (χ2n) is 5.63.